The van der Waals surface area contributed by atoms with Gasteiger partial charge in [-0.15, -0.1) is 0 Å². The van der Waals surface area contributed by atoms with E-state index in [9.17, 15) is 9.59 Å². The van der Waals surface area contributed by atoms with Crippen LogP contribution in [0.25, 0.3) is 0 Å². The van der Waals surface area contributed by atoms with Crippen molar-refractivity contribution < 1.29 is 19.1 Å². The van der Waals surface area contributed by atoms with Crippen molar-refractivity contribution >= 4 is 12.1 Å². The lowest BCUT2D eigenvalue weighted by Crippen LogP contribution is -2.61. The molecular formula is C11H18N2O4. The number of rotatable bonds is 2. The lowest BCUT2D eigenvalue weighted by molar-refractivity contribution is -0.155. The van der Waals surface area contributed by atoms with Gasteiger partial charge in [0.25, 0.3) is 0 Å². The molecule has 17 heavy (non-hydrogen) atoms. The van der Waals surface area contributed by atoms with Crippen molar-refractivity contribution in [3.63, 3.8) is 0 Å². The molecule has 1 spiro atoms. The van der Waals surface area contributed by atoms with Crippen LogP contribution in [0.15, 0.2) is 0 Å². The van der Waals surface area contributed by atoms with Gasteiger partial charge in [0, 0.05) is 13.1 Å². The molecule has 0 aliphatic carbocycles. The molecule has 0 aromatic rings. The van der Waals surface area contributed by atoms with Gasteiger partial charge in [-0.3, -0.25) is 9.69 Å². The molecule has 6 nitrogen and oxygen atoms in total. The summed E-state index contributed by atoms with van der Waals surface area (Å²) in [6.45, 7) is 7.11. The summed E-state index contributed by atoms with van der Waals surface area (Å²) in [6, 6.07) is 0. The molecule has 0 atom stereocenters. The predicted octanol–water partition coefficient (Wildman–Crippen LogP) is 0.122. The van der Waals surface area contributed by atoms with Gasteiger partial charge in [-0.05, 0) is 20.8 Å². The molecule has 0 saturated carbocycles. The molecular weight excluding hydrogens is 224 g/mol. The van der Waals surface area contributed by atoms with Crippen LogP contribution < -0.4 is 5.32 Å². The van der Waals surface area contributed by atoms with Crippen LogP contribution in [-0.4, -0.2) is 54.3 Å². The summed E-state index contributed by atoms with van der Waals surface area (Å²) in [5.74, 6) is -0.404. The van der Waals surface area contributed by atoms with Crippen LogP contribution in [0.5, 0.6) is 0 Å². The number of carbonyl (C=O) groups is 2. The number of nitrogens with zero attached hydrogens (tertiary/aromatic N) is 1. The first-order valence-corrected chi connectivity index (χ1v) is 5.70. The van der Waals surface area contributed by atoms with E-state index < -0.39 is 23.3 Å². The molecule has 2 saturated heterocycles. The maximum Gasteiger partial charge on any atom is 0.411 e. The average molecular weight is 242 g/mol. The van der Waals surface area contributed by atoms with Gasteiger partial charge in [-0.1, -0.05) is 0 Å². The van der Waals surface area contributed by atoms with E-state index in [1.54, 1.807) is 20.8 Å². The van der Waals surface area contributed by atoms with Crippen molar-refractivity contribution in [3.05, 3.63) is 0 Å². The summed E-state index contributed by atoms with van der Waals surface area (Å²) in [6.07, 6.45) is -0.433. The summed E-state index contributed by atoms with van der Waals surface area (Å²) in [4.78, 5) is 24.5. The first kappa shape index (κ1) is 12.2. The van der Waals surface area contributed by atoms with Gasteiger partial charge in [0.15, 0.2) is 5.60 Å². The average Bonchev–Trinajstić information content (AvgIpc) is 2.39. The minimum Gasteiger partial charge on any atom is -0.459 e. The van der Waals surface area contributed by atoms with Crippen LogP contribution in [0.1, 0.15) is 20.8 Å². The lowest BCUT2D eigenvalue weighted by Gasteiger charge is -2.36. The first-order chi connectivity index (χ1) is 7.80. The third-order valence-corrected chi connectivity index (χ3v) is 2.68. The van der Waals surface area contributed by atoms with Gasteiger partial charge < -0.3 is 14.8 Å². The molecule has 0 aromatic carbocycles. The third-order valence-electron chi connectivity index (χ3n) is 2.68. The van der Waals surface area contributed by atoms with Crippen molar-refractivity contribution in [3.8, 4) is 0 Å². The van der Waals surface area contributed by atoms with Crippen molar-refractivity contribution in [2.45, 2.75) is 32.0 Å². The van der Waals surface area contributed by atoms with E-state index in [1.165, 1.54) is 4.90 Å². The molecule has 2 aliphatic heterocycles. The topological polar surface area (TPSA) is 67.9 Å². The minimum absolute atomic E-state index is 0.0438. The van der Waals surface area contributed by atoms with E-state index in [0.29, 0.717) is 19.6 Å². The molecule has 2 fully saturated rings. The lowest BCUT2D eigenvalue weighted by atomic mass is 9.97. The molecule has 0 unspecified atom stereocenters. The maximum atomic E-state index is 11.6. The van der Waals surface area contributed by atoms with Crippen molar-refractivity contribution in [2.75, 3.05) is 26.2 Å². The van der Waals surface area contributed by atoms with Crippen molar-refractivity contribution in [2.24, 2.45) is 0 Å². The number of amides is 1. The molecule has 0 radical (unpaired) electrons. The van der Waals surface area contributed by atoms with Crippen LogP contribution in [0, 0.1) is 0 Å². The zero-order chi connectivity index (χ0) is 12.7. The molecule has 1 amide bonds. The van der Waals surface area contributed by atoms with Gasteiger partial charge in [0.2, 0.25) is 0 Å². The molecule has 1 N–H and O–H groups in total. The molecule has 2 heterocycles. The Morgan fingerprint density at radius 2 is 2.18 bits per heavy atom. The number of hydrogen-bond donors (Lipinski definition) is 1. The summed E-state index contributed by atoms with van der Waals surface area (Å²) >= 11 is 0. The fourth-order valence-corrected chi connectivity index (χ4v) is 1.93. The summed E-state index contributed by atoms with van der Waals surface area (Å²) in [5.41, 5.74) is -0.949. The Kier molecular flexibility index (Phi) is 2.77. The number of ether oxygens (including phenoxy) is 2. The third kappa shape index (κ3) is 2.69. The van der Waals surface area contributed by atoms with E-state index in [2.05, 4.69) is 5.32 Å². The molecule has 0 aromatic heterocycles. The summed E-state index contributed by atoms with van der Waals surface area (Å²) < 4.78 is 10.4. The standard InChI is InChI=1S/C11H18N2O4/c1-10(2,3)16-8(14)4-13-7-11(5-12-6-11)17-9(13)15/h12H,4-7H2,1-3H3. The normalized spacial score (nSPS) is 22.3. The Morgan fingerprint density at radius 3 is 2.59 bits per heavy atom. The Labute approximate surface area is 100 Å². The SMILES string of the molecule is CC(C)(C)OC(=O)CN1CC2(CNC2)OC1=O. The monoisotopic (exact) mass is 242 g/mol. The highest BCUT2D eigenvalue weighted by atomic mass is 16.6. The highest BCUT2D eigenvalue weighted by molar-refractivity contribution is 5.79. The fraction of sp³-hybridized carbons (Fsp3) is 0.818. The largest absolute Gasteiger partial charge is 0.459 e. The molecule has 96 valence electrons. The van der Waals surface area contributed by atoms with E-state index >= 15 is 0 Å². The second-order valence-corrected chi connectivity index (χ2v) is 5.60. The van der Waals surface area contributed by atoms with Crippen LogP contribution >= 0.6 is 0 Å². The predicted molar refractivity (Wildman–Crippen MR) is 59.5 cm³/mol. The molecule has 0 bridgehead atoms. The quantitative estimate of drug-likeness (QED) is 0.697. The van der Waals surface area contributed by atoms with Crippen LogP contribution in [-0.2, 0) is 14.3 Å². The first-order valence-electron chi connectivity index (χ1n) is 5.70. The molecule has 2 aliphatic rings. The zero-order valence-electron chi connectivity index (χ0n) is 10.4. The zero-order valence-corrected chi connectivity index (χ0v) is 10.4. The van der Waals surface area contributed by atoms with Crippen LogP contribution in [0.3, 0.4) is 0 Å². The molecule has 2 rings (SSSR count). The molecule has 6 heteroatoms. The van der Waals surface area contributed by atoms with Crippen LogP contribution in [0.4, 0.5) is 4.79 Å². The Balaban J connectivity index is 1.87. The Bertz CT molecular complexity index is 344. The highest BCUT2D eigenvalue weighted by Crippen LogP contribution is 2.26. The van der Waals surface area contributed by atoms with E-state index in [4.69, 9.17) is 9.47 Å². The smallest absolute Gasteiger partial charge is 0.411 e. The second-order valence-electron chi connectivity index (χ2n) is 5.60. The van der Waals surface area contributed by atoms with Gasteiger partial charge in [0.1, 0.15) is 12.1 Å². The highest BCUT2D eigenvalue weighted by Gasteiger charge is 2.50. The number of esters is 1. The summed E-state index contributed by atoms with van der Waals surface area (Å²) in [5, 5.41) is 3.06. The second kappa shape index (κ2) is 3.87. The van der Waals surface area contributed by atoms with Crippen molar-refractivity contribution in [1.82, 2.24) is 10.2 Å². The fourth-order valence-electron chi connectivity index (χ4n) is 1.93. The van der Waals surface area contributed by atoms with Crippen molar-refractivity contribution in [1.29, 1.82) is 0 Å². The van der Waals surface area contributed by atoms with E-state index in [1.807, 2.05) is 0 Å². The van der Waals surface area contributed by atoms with Gasteiger partial charge in [0.05, 0.1) is 6.54 Å². The minimum atomic E-state index is -0.531. The van der Waals surface area contributed by atoms with Gasteiger partial charge in [-0.25, -0.2) is 4.79 Å². The number of hydrogen-bond acceptors (Lipinski definition) is 5. The van der Waals surface area contributed by atoms with Crippen LogP contribution in [0.2, 0.25) is 0 Å². The van der Waals surface area contributed by atoms with E-state index in [0.717, 1.165) is 0 Å². The number of nitrogens with one attached hydrogen (secondary N) is 1. The Morgan fingerprint density at radius 1 is 1.53 bits per heavy atom. The van der Waals surface area contributed by atoms with Gasteiger partial charge >= 0.3 is 12.1 Å². The Hall–Kier alpha value is -1.30. The number of carbonyl (C=O) groups excluding carboxylic acids is 2. The summed E-state index contributed by atoms with van der Waals surface area (Å²) in [7, 11) is 0. The maximum absolute atomic E-state index is 11.6. The van der Waals surface area contributed by atoms with E-state index in [-0.39, 0.29) is 6.54 Å². The van der Waals surface area contributed by atoms with Gasteiger partial charge in [-0.2, -0.15) is 0 Å².